The molecule has 0 atom stereocenters. The number of fused-ring (bicyclic) bond motifs is 1. The van der Waals surface area contributed by atoms with Crippen molar-refractivity contribution in [3.05, 3.63) is 36.2 Å². The maximum absolute atomic E-state index is 5.10. The van der Waals surface area contributed by atoms with Crippen molar-refractivity contribution in [2.75, 3.05) is 93.7 Å². The van der Waals surface area contributed by atoms with E-state index in [1.165, 1.54) is 63.1 Å². The third-order valence-electron chi connectivity index (χ3n) is 10.2. The minimum Gasteiger partial charge on any atom is -0.372 e. The Morgan fingerprint density at radius 1 is 0.818 bits per heavy atom. The molecule has 240 valence electrons. The highest BCUT2D eigenvalue weighted by Crippen LogP contribution is 2.29. The summed E-state index contributed by atoms with van der Waals surface area (Å²) in [6.45, 7) is 21.5. The molecule has 0 amide bonds. The molecule has 0 radical (unpaired) electrons. The number of imidazole rings is 1. The van der Waals surface area contributed by atoms with E-state index in [0.29, 0.717) is 12.5 Å². The Morgan fingerprint density at radius 2 is 1.52 bits per heavy atom. The monoisotopic (exact) mass is 602 g/mol. The molecular weight excluding hydrogens is 548 g/mol. The van der Waals surface area contributed by atoms with E-state index < -0.39 is 0 Å². The van der Waals surface area contributed by atoms with Gasteiger partial charge in [0, 0.05) is 90.3 Å². The number of aryl methyl sites for hydroxylation is 1. The maximum atomic E-state index is 5.10. The van der Waals surface area contributed by atoms with Gasteiger partial charge in [-0.3, -0.25) is 4.90 Å². The largest absolute Gasteiger partial charge is 0.372 e. The van der Waals surface area contributed by atoms with Crippen molar-refractivity contribution < 1.29 is 0 Å². The van der Waals surface area contributed by atoms with Crippen LogP contribution in [0.5, 0.6) is 0 Å². The fourth-order valence-corrected chi connectivity index (χ4v) is 7.35. The van der Waals surface area contributed by atoms with Gasteiger partial charge in [0.1, 0.15) is 0 Å². The van der Waals surface area contributed by atoms with Crippen LogP contribution in [0.1, 0.15) is 58.4 Å². The van der Waals surface area contributed by atoms with E-state index in [-0.39, 0.29) is 0 Å². The summed E-state index contributed by atoms with van der Waals surface area (Å²) >= 11 is 0. The number of benzene rings is 1. The molecule has 0 bridgehead atoms. The Bertz CT molecular complexity index is 1300. The number of likely N-dealkylation sites (N-methyl/N-ethyl adjacent to an activating group) is 1. The fraction of sp³-hybridized carbons (Fsp3) is 0.676. The van der Waals surface area contributed by atoms with Crippen LogP contribution in [-0.2, 0) is 13.1 Å². The molecule has 4 heterocycles. The molecule has 3 aromatic rings. The number of rotatable bonds is 13. The standard InChI is InChI=1S/C34H54N10/c1-4-39-18-20-40(21-19-39)16-9-17-44-27-36-31-32(43-24-22-42(23-25-43)29-10-7-8-11-29)37-34(38-33(31)44)35-26-28-12-14-30(15-13-28)41(5-2)6-3/h12-15,27,29H,4-11,16-26H2,1-3H3,(H,35,37,38). The number of hydrogen-bond acceptors (Lipinski definition) is 9. The molecule has 10 nitrogen and oxygen atoms in total. The van der Waals surface area contributed by atoms with Gasteiger partial charge in [0.15, 0.2) is 17.0 Å². The summed E-state index contributed by atoms with van der Waals surface area (Å²) in [5.41, 5.74) is 4.38. The number of anilines is 3. The lowest BCUT2D eigenvalue weighted by Gasteiger charge is -2.38. The van der Waals surface area contributed by atoms with E-state index in [2.05, 4.69) is 79.4 Å². The van der Waals surface area contributed by atoms with Gasteiger partial charge in [-0.2, -0.15) is 9.97 Å². The average Bonchev–Trinajstić information content (AvgIpc) is 3.76. The first-order valence-corrected chi connectivity index (χ1v) is 17.4. The molecule has 0 unspecified atom stereocenters. The number of aromatic nitrogens is 4. The molecule has 1 saturated carbocycles. The molecule has 2 aromatic heterocycles. The highest BCUT2D eigenvalue weighted by Gasteiger charge is 2.28. The summed E-state index contributed by atoms with van der Waals surface area (Å²) in [7, 11) is 0. The first-order valence-electron chi connectivity index (χ1n) is 17.4. The summed E-state index contributed by atoms with van der Waals surface area (Å²) in [6.07, 6.45) is 8.58. The second-order valence-corrected chi connectivity index (χ2v) is 12.8. The summed E-state index contributed by atoms with van der Waals surface area (Å²) in [5, 5.41) is 3.57. The van der Waals surface area contributed by atoms with Crippen LogP contribution in [0.2, 0.25) is 0 Å². The van der Waals surface area contributed by atoms with Gasteiger partial charge in [-0.15, -0.1) is 0 Å². The lowest BCUT2D eigenvalue weighted by atomic mass is 10.2. The van der Waals surface area contributed by atoms with Crippen molar-refractivity contribution in [2.45, 2.75) is 72.0 Å². The Morgan fingerprint density at radius 3 is 2.20 bits per heavy atom. The van der Waals surface area contributed by atoms with Gasteiger partial charge < -0.3 is 29.5 Å². The third-order valence-corrected chi connectivity index (χ3v) is 10.2. The molecule has 2 saturated heterocycles. The smallest absolute Gasteiger partial charge is 0.227 e. The van der Waals surface area contributed by atoms with E-state index in [0.717, 1.165) is 88.3 Å². The van der Waals surface area contributed by atoms with Crippen molar-refractivity contribution in [1.82, 2.24) is 34.2 Å². The molecule has 44 heavy (non-hydrogen) atoms. The van der Waals surface area contributed by atoms with Gasteiger partial charge in [-0.05, 0) is 63.9 Å². The van der Waals surface area contributed by atoms with E-state index in [1.807, 2.05) is 6.33 Å². The molecule has 0 spiro atoms. The van der Waals surface area contributed by atoms with Crippen LogP contribution in [0, 0.1) is 0 Å². The quantitative estimate of drug-likeness (QED) is 0.307. The lowest BCUT2D eigenvalue weighted by Crippen LogP contribution is -2.50. The number of hydrogen-bond donors (Lipinski definition) is 1. The fourth-order valence-electron chi connectivity index (χ4n) is 7.35. The molecule has 1 aliphatic carbocycles. The zero-order chi connectivity index (χ0) is 30.3. The first-order chi connectivity index (χ1) is 21.6. The highest BCUT2D eigenvalue weighted by atomic mass is 15.3. The van der Waals surface area contributed by atoms with E-state index >= 15 is 0 Å². The Kier molecular flexibility index (Phi) is 10.5. The van der Waals surface area contributed by atoms with Crippen LogP contribution in [0.25, 0.3) is 11.2 Å². The van der Waals surface area contributed by atoms with Crippen LogP contribution >= 0.6 is 0 Å². The first kappa shape index (κ1) is 31.0. The summed E-state index contributed by atoms with van der Waals surface area (Å²) < 4.78 is 2.25. The van der Waals surface area contributed by atoms with E-state index in [4.69, 9.17) is 15.0 Å². The van der Waals surface area contributed by atoms with Crippen molar-refractivity contribution in [2.24, 2.45) is 0 Å². The van der Waals surface area contributed by atoms with Crippen molar-refractivity contribution in [1.29, 1.82) is 0 Å². The number of nitrogens with zero attached hydrogens (tertiary/aromatic N) is 9. The minimum atomic E-state index is 0.691. The second kappa shape index (κ2) is 14.9. The molecular formula is C34H54N10. The predicted octanol–water partition coefficient (Wildman–Crippen LogP) is 4.38. The Hall–Kier alpha value is -2.95. The van der Waals surface area contributed by atoms with Gasteiger partial charge >= 0.3 is 0 Å². The van der Waals surface area contributed by atoms with Crippen molar-refractivity contribution in [3.63, 3.8) is 0 Å². The van der Waals surface area contributed by atoms with Gasteiger partial charge in [0.25, 0.3) is 0 Å². The van der Waals surface area contributed by atoms with Crippen LogP contribution in [0.15, 0.2) is 30.6 Å². The highest BCUT2D eigenvalue weighted by molar-refractivity contribution is 5.85. The van der Waals surface area contributed by atoms with Crippen molar-refractivity contribution >= 4 is 28.6 Å². The molecule has 3 fully saturated rings. The second-order valence-electron chi connectivity index (χ2n) is 12.8. The normalized spacial score (nSPS) is 19.3. The lowest BCUT2D eigenvalue weighted by molar-refractivity contribution is 0.135. The number of piperazine rings is 2. The Balaban J connectivity index is 1.17. The molecule has 2 aliphatic heterocycles. The minimum absolute atomic E-state index is 0.691. The van der Waals surface area contributed by atoms with Gasteiger partial charge in [-0.1, -0.05) is 31.9 Å². The Labute approximate surface area is 264 Å². The van der Waals surface area contributed by atoms with Crippen LogP contribution in [0.4, 0.5) is 17.5 Å². The molecule has 1 aromatic carbocycles. The van der Waals surface area contributed by atoms with E-state index in [9.17, 15) is 0 Å². The van der Waals surface area contributed by atoms with Crippen LogP contribution in [-0.4, -0.2) is 119 Å². The zero-order valence-electron chi connectivity index (χ0n) is 27.4. The van der Waals surface area contributed by atoms with Crippen LogP contribution in [0.3, 0.4) is 0 Å². The molecule has 3 aliphatic rings. The topological polar surface area (TPSA) is 71.8 Å². The zero-order valence-corrected chi connectivity index (χ0v) is 27.4. The van der Waals surface area contributed by atoms with Gasteiger partial charge in [-0.25, -0.2) is 4.98 Å². The van der Waals surface area contributed by atoms with E-state index in [1.54, 1.807) is 0 Å². The third kappa shape index (κ3) is 7.29. The van der Waals surface area contributed by atoms with Gasteiger partial charge in [0.05, 0.1) is 6.33 Å². The SMILES string of the molecule is CCN1CCN(CCCn2cnc3c(N4CCN(C5CCCC5)CC4)nc(NCc4ccc(N(CC)CC)cc4)nc32)CC1. The van der Waals surface area contributed by atoms with Crippen LogP contribution < -0.4 is 15.1 Å². The predicted molar refractivity (Wildman–Crippen MR) is 182 cm³/mol. The summed E-state index contributed by atoms with van der Waals surface area (Å²) in [5.74, 6) is 1.67. The molecule has 10 heteroatoms. The van der Waals surface area contributed by atoms with Gasteiger partial charge in [0.2, 0.25) is 5.95 Å². The molecule has 6 rings (SSSR count). The average molecular weight is 603 g/mol. The maximum Gasteiger partial charge on any atom is 0.227 e. The molecule has 1 N–H and O–H groups in total. The summed E-state index contributed by atoms with van der Waals surface area (Å²) in [4.78, 5) is 27.7. The van der Waals surface area contributed by atoms with Crippen molar-refractivity contribution in [3.8, 4) is 0 Å². The summed E-state index contributed by atoms with van der Waals surface area (Å²) in [6, 6.07) is 9.65. The number of nitrogens with one attached hydrogen (secondary N) is 1.